The van der Waals surface area contributed by atoms with Gasteiger partial charge in [-0.25, -0.2) is 4.39 Å². The Morgan fingerprint density at radius 3 is 2.59 bits per heavy atom. The molecule has 0 aliphatic carbocycles. The highest BCUT2D eigenvalue weighted by Crippen LogP contribution is 2.28. The van der Waals surface area contributed by atoms with Crippen LogP contribution < -0.4 is 0 Å². The largest absolute Gasteiger partial charge is 0.298 e. The molecule has 0 aromatic heterocycles. The van der Waals surface area contributed by atoms with Crippen LogP contribution in [0.5, 0.6) is 0 Å². The molecule has 2 rings (SSSR count). The lowest BCUT2D eigenvalue weighted by molar-refractivity contribution is 0.112. The summed E-state index contributed by atoms with van der Waals surface area (Å²) in [5.41, 5.74) is 2.31. The van der Waals surface area contributed by atoms with E-state index in [1.165, 1.54) is 12.1 Å². The lowest BCUT2D eigenvalue weighted by atomic mass is 9.98. The number of carbonyl (C=O) groups excluding carboxylic acids is 1. The van der Waals surface area contributed by atoms with E-state index in [9.17, 15) is 9.18 Å². The van der Waals surface area contributed by atoms with Gasteiger partial charge in [-0.2, -0.15) is 0 Å². The third-order valence-electron chi connectivity index (χ3n) is 2.55. The van der Waals surface area contributed by atoms with Crippen molar-refractivity contribution >= 4 is 17.9 Å². The van der Waals surface area contributed by atoms with Crippen molar-refractivity contribution in [1.29, 1.82) is 0 Å². The van der Waals surface area contributed by atoms with Crippen LogP contribution in [0.2, 0.25) is 5.02 Å². The molecule has 1 nitrogen and oxygen atoms in total. The molecule has 0 spiro atoms. The van der Waals surface area contributed by atoms with Crippen LogP contribution in [0, 0.1) is 12.7 Å². The molecule has 0 radical (unpaired) electrons. The van der Waals surface area contributed by atoms with Crippen molar-refractivity contribution in [3.05, 3.63) is 58.4 Å². The molecule has 0 unspecified atom stereocenters. The Hall–Kier alpha value is -1.67. The minimum Gasteiger partial charge on any atom is -0.298 e. The Morgan fingerprint density at radius 2 is 1.88 bits per heavy atom. The highest BCUT2D eigenvalue weighted by molar-refractivity contribution is 6.31. The van der Waals surface area contributed by atoms with E-state index in [4.69, 9.17) is 11.6 Å². The van der Waals surface area contributed by atoms with Crippen LogP contribution in [0.3, 0.4) is 0 Å². The molecule has 2 aromatic rings. The highest BCUT2D eigenvalue weighted by Gasteiger charge is 2.10. The third kappa shape index (κ3) is 2.37. The van der Waals surface area contributed by atoms with Gasteiger partial charge in [0.25, 0.3) is 0 Å². The molecule has 0 heterocycles. The summed E-state index contributed by atoms with van der Waals surface area (Å²) in [4.78, 5) is 11.0. The summed E-state index contributed by atoms with van der Waals surface area (Å²) >= 11 is 5.80. The summed E-state index contributed by atoms with van der Waals surface area (Å²) in [5, 5.41) is 0.462. The number of rotatable bonds is 2. The summed E-state index contributed by atoms with van der Waals surface area (Å²) in [6.07, 6.45) is 0.684. The molecule has 0 saturated carbocycles. The molecule has 2 aromatic carbocycles. The molecule has 0 amide bonds. The zero-order valence-electron chi connectivity index (χ0n) is 9.21. The van der Waals surface area contributed by atoms with Crippen LogP contribution in [0.1, 0.15) is 15.9 Å². The van der Waals surface area contributed by atoms with Crippen molar-refractivity contribution in [1.82, 2.24) is 0 Å². The monoisotopic (exact) mass is 248 g/mol. The fourth-order valence-corrected chi connectivity index (χ4v) is 1.90. The molecule has 0 aliphatic rings. The van der Waals surface area contributed by atoms with Crippen molar-refractivity contribution in [2.75, 3.05) is 0 Å². The fraction of sp³-hybridized carbons (Fsp3) is 0.0714. The zero-order chi connectivity index (χ0) is 12.4. The molecule has 3 heteroatoms. The minimum absolute atomic E-state index is 0.346. The first-order valence-electron chi connectivity index (χ1n) is 5.13. The first kappa shape index (κ1) is 11.8. The number of halogens is 2. The van der Waals surface area contributed by atoms with E-state index in [0.29, 0.717) is 28.0 Å². The molecule has 0 bridgehead atoms. The summed E-state index contributed by atoms with van der Waals surface area (Å²) in [6.45, 7) is 1.87. The van der Waals surface area contributed by atoms with Gasteiger partial charge in [-0.05, 0) is 36.8 Å². The second-order valence-corrected chi connectivity index (χ2v) is 4.27. The van der Waals surface area contributed by atoms with E-state index in [0.717, 1.165) is 5.56 Å². The highest BCUT2D eigenvalue weighted by atomic mass is 35.5. The second kappa shape index (κ2) is 4.68. The lowest BCUT2D eigenvalue weighted by Crippen LogP contribution is -1.91. The fourth-order valence-electron chi connectivity index (χ4n) is 1.72. The Kier molecular flexibility index (Phi) is 3.25. The topological polar surface area (TPSA) is 17.1 Å². The Labute approximate surface area is 104 Å². The van der Waals surface area contributed by atoms with Crippen molar-refractivity contribution < 1.29 is 9.18 Å². The van der Waals surface area contributed by atoms with Crippen LogP contribution in [-0.2, 0) is 0 Å². The molecular formula is C14H10ClFO. The Morgan fingerprint density at radius 1 is 1.12 bits per heavy atom. The van der Waals surface area contributed by atoms with Crippen molar-refractivity contribution in [2.24, 2.45) is 0 Å². The summed E-state index contributed by atoms with van der Waals surface area (Å²) < 4.78 is 13.7. The van der Waals surface area contributed by atoms with Gasteiger partial charge in [0, 0.05) is 16.1 Å². The van der Waals surface area contributed by atoms with Crippen LogP contribution in [-0.4, -0.2) is 6.29 Å². The maximum atomic E-state index is 13.7. The summed E-state index contributed by atoms with van der Waals surface area (Å²) in [5.74, 6) is -0.346. The molecule has 0 aliphatic heterocycles. The lowest BCUT2D eigenvalue weighted by Gasteiger charge is -2.08. The number of benzene rings is 2. The smallest absolute Gasteiger partial charge is 0.150 e. The predicted octanol–water partition coefficient (Wildman–Crippen LogP) is 4.27. The normalized spacial score (nSPS) is 10.3. The summed E-state index contributed by atoms with van der Waals surface area (Å²) in [6, 6.07) is 9.63. The average Bonchev–Trinajstić information content (AvgIpc) is 2.32. The van der Waals surface area contributed by atoms with Gasteiger partial charge in [-0.1, -0.05) is 29.3 Å². The SMILES string of the molecule is Cc1ccc(F)c(-c2ccc(Cl)cc2C=O)c1. The quantitative estimate of drug-likeness (QED) is 0.726. The van der Waals surface area contributed by atoms with Crippen LogP contribution in [0.15, 0.2) is 36.4 Å². The second-order valence-electron chi connectivity index (χ2n) is 3.83. The van der Waals surface area contributed by atoms with Gasteiger partial charge >= 0.3 is 0 Å². The van der Waals surface area contributed by atoms with Crippen molar-refractivity contribution in [3.63, 3.8) is 0 Å². The Balaban J connectivity index is 2.67. The molecule has 0 fully saturated rings. The van der Waals surface area contributed by atoms with E-state index in [1.807, 2.05) is 6.92 Å². The number of aldehydes is 1. The first-order valence-corrected chi connectivity index (χ1v) is 5.51. The standard InChI is InChI=1S/C14H10ClFO/c1-9-2-5-14(16)13(6-9)12-4-3-11(15)7-10(12)8-17/h2-8H,1H3. The van der Waals surface area contributed by atoms with Gasteiger partial charge in [-0.3, -0.25) is 4.79 Å². The van der Waals surface area contributed by atoms with Gasteiger partial charge in [0.1, 0.15) is 5.82 Å². The van der Waals surface area contributed by atoms with E-state index < -0.39 is 0 Å². The first-order chi connectivity index (χ1) is 8.11. The molecule has 0 N–H and O–H groups in total. The van der Waals surface area contributed by atoms with E-state index in [2.05, 4.69) is 0 Å². The van der Waals surface area contributed by atoms with E-state index in [-0.39, 0.29) is 5.82 Å². The van der Waals surface area contributed by atoms with Gasteiger partial charge in [0.2, 0.25) is 0 Å². The maximum Gasteiger partial charge on any atom is 0.150 e. The molecular weight excluding hydrogens is 239 g/mol. The third-order valence-corrected chi connectivity index (χ3v) is 2.79. The van der Waals surface area contributed by atoms with E-state index in [1.54, 1.807) is 24.3 Å². The average molecular weight is 249 g/mol. The zero-order valence-corrected chi connectivity index (χ0v) is 9.96. The van der Waals surface area contributed by atoms with Crippen molar-refractivity contribution in [3.8, 4) is 11.1 Å². The predicted molar refractivity (Wildman–Crippen MR) is 67.0 cm³/mol. The molecule has 17 heavy (non-hydrogen) atoms. The van der Waals surface area contributed by atoms with E-state index >= 15 is 0 Å². The number of hydrogen-bond acceptors (Lipinski definition) is 1. The van der Waals surface area contributed by atoms with Gasteiger partial charge in [0.05, 0.1) is 0 Å². The van der Waals surface area contributed by atoms with Crippen LogP contribution >= 0.6 is 11.6 Å². The minimum atomic E-state index is -0.346. The maximum absolute atomic E-state index is 13.7. The number of carbonyl (C=O) groups is 1. The molecule has 0 atom stereocenters. The number of aryl methyl sites for hydroxylation is 1. The van der Waals surface area contributed by atoms with Gasteiger partial charge < -0.3 is 0 Å². The Bertz CT molecular complexity index is 578. The summed E-state index contributed by atoms with van der Waals surface area (Å²) in [7, 11) is 0. The van der Waals surface area contributed by atoms with Crippen LogP contribution in [0.4, 0.5) is 4.39 Å². The van der Waals surface area contributed by atoms with Gasteiger partial charge in [-0.15, -0.1) is 0 Å². The van der Waals surface area contributed by atoms with Crippen LogP contribution in [0.25, 0.3) is 11.1 Å². The molecule has 0 saturated heterocycles. The van der Waals surface area contributed by atoms with Crippen molar-refractivity contribution in [2.45, 2.75) is 6.92 Å². The molecule has 86 valence electrons. The van der Waals surface area contributed by atoms with Gasteiger partial charge in [0.15, 0.2) is 6.29 Å². The number of hydrogen-bond donors (Lipinski definition) is 0.